The Morgan fingerprint density at radius 3 is 2.54 bits per heavy atom. The van der Waals surface area contributed by atoms with Crippen LogP contribution >= 0.6 is 0 Å². The Labute approximate surface area is 73.9 Å². The van der Waals surface area contributed by atoms with Crippen LogP contribution in [0.4, 0.5) is 5.82 Å². The first-order valence-electron chi connectivity index (χ1n) is 3.08. The lowest BCUT2D eigenvalue weighted by Gasteiger charge is -1.95. The van der Waals surface area contributed by atoms with Crippen molar-refractivity contribution < 1.29 is 8.42 Å². The highest BCUT2D eigenvalue weighted by Gasteiger charge is 2.18. The van der Waals surface area contributed by atoms with Gasteiger partial charge < -0.3 is 17.2 Å². The number of hydrogen-bond donors (Lipinski definition) is 4. The van der Waals surface area contributed by atoms with Gasteiger partial charge in [-0.15, -0.1) is 4.40 Å². The van der Waals surface area contributed by atoms with Crippen LogP contribution in [0.15, 0.2) is 15.5 Å². The molecule has 1 heterocycles. The molecule has 0 amide bonds. The normalized spacial score (nSPS) is 11.1. The summed E-state index contributed by atoms with van der Waals surface area (Å²) in [6.45, 7) is 0. The Morgan fingerprint density at radius 2 is 2.15 bits per heavy atom. The molecule has 0 fully saturated rings. The van der Waals surface area contributed by atoms with Crippen LogP contribution in [0.1, 0.15) is 0 Å². The molecule has 0 saturated carbocycles. The molecule has 7 N–H and O–H groups in total. The smallest absolute Gasteiger partial charge is 0.290 e. The number of nitrogens with two attached hydrogens (primary N) is 3. The third-order valence-electron chi connectivity index (χ3n) is 1.14. The second-order valence-corrected chi connectivity index (χ2v) is 3.71. The number of nitrogen functional groups attached to an aromatic ring is 1. The summed E-state index contributed by atoms with van der Waals surface area (Å²) in [6, 6.07) is 0. The minimum absolute atomic E-state index is 0.106. The lowest BCUT2D eigenvalue weighted by atomic mass is 10.7. The average molecular weight is 204 g/mol. The number of nitrogens with one attached hydrogen (secondary N) is 1. The van der Waals surface area contributed by atoms with E-state index in [4.69, 9.17) is 17.2 Å². The number of anilines is 1. The van der Waals surface area contributed by atoms with Crippen molar-refractivity contribution in [2.24, 2.45) is 15.9 Å². The monoisotopic (exact) mass is 204 g/mol. The summed E-state index contributed by atoms with van der Waals surface area (Å²) in [7, 11) is -3.93. The number of sulfonamides is 1. The Hall–Kier alpha value is -1.77. The highest BCUT2D eigenvalue weighted by Crippen LogP contribution is 2.16. The molecule has 0 aromatic carbocycles. The Morgan fingerprint density at radius 1 is 1.54 bits per heavy atom. The van der Waals surface area contributed by atoms with Gasteiger partial charge in [-0.1, -0.05) is 0 Å². The maximum atomic E-state index is 11.2. The van der Waals surface area contributed by atoms with E-state index in [1.807, 2.05) is 0 Å². The zero-order chi connectivity index (χ0) is 10.1. The van der Waals surface area contributed by atoms with E-state index in [1.54, 1.807) is 0 Å². The van der Waals surface area contributed by atoms with Crippen molar-refractivity contribution in [1.82, 2.24) is 10.2 Å². The summed E-state index contributed by atoms with van der Waals surface area (Å²) in [5.41, 5.74) is 15.1. The molecule has 72 valence electrons. The molecule has 1 rings (SSSR count). The van der Waals surface area contributed by atoms with Crippen LogP contribution in [-0.2, 0) is 10.0 Å². The molecule has 0 aliphatic heterocycles. The number of guanidine groups is 1. The first-order chi connectivity index (χ1) is 5.93. The van der Waals surface area contributed by atoms with Gasteiger partial charge in [-0.2, -0.15) is 13.5 Å². The van der Waals surface area contributed by atoms with E-state index in [0.29, 0.717) is 0 Å². The van der Waals surface area contributed by atoms with Gasteiger partial charge in [0.15, 0.2) is 4.90 Å². The third kappa shape index (κ3) is 1.87. The van der Waals surface area contributed by atoms with E-state index >= 15 is 0 Å². The zero-order valence-electron chi connectivity index (χ0n) is 6.43. The SMILES string of the molecule is NC(N)=NS(=O)(=O)c1cn[nH]c1N. The maximum absolute atomic E-state index is 11.2. The lowest BCUT2D eigenvalue weighted by molar-refractivity contribution is 0.598. The number of aromatic amines is 1. The molecular formula is C4H8N6O2S. The summed E-state index contributed by atoms with van der Waals surface area (Å²) in [5, 5.41) is 5.66. The summed E-state index contributed by atoms with van der Waals surface area (Å²) < 4.78 is 25.5. The first-order valence-corrected chi connectivity index (χ1v) is 4.52. The van der Waals surface area contributed by atoms with Gasteiger partial charge >= 0.3 is 0 Å². The summed E-state index contributed by atoms with van der Waals surface area (Å²) in [5.74, 6) is -0.661. The van der Waals surface area contributed by atoms with Gasteiger partial charge in [0.2, 0.25) is 5.96 Å². The largest absolute Gasteiger partial charge is 0.383 e. The van der Waals surface area contributed by atoms with E-state index < -0.39 is 16.0 Å². The van der Waals surface area contributed by atoms with Gasteiger partial charge in [-0.3, -0.25) is 5.10 Å². The molecule has 0 saturated heterocycles. The van der Waals surface area contributed by atoms with Crippen LogP contribution in [0, 0.1) is 0 Å². The minimum atomic E-state index is -3.93. The number of rotatable bonds is 2. The van der Waals surface area contributed by atoms with E-state index in [-0.39, 0.29) is 10.7 Å². The highest BCUT2D eigenvalue weighted by atomic mass is 32.2. The van der Waals surface area contributed by atoms with Crippen LogP contribution in [0.2, 0.25) is 0 Å². The van der Waals surface area contributed by atoms with Crippen molar-refractivity contribution >= 4 is 21.8 Å². The Balaban J connectivity index is 3.25. The van der Waals surface area contributed by atoms with Crippen LogP contribution < -0.4 is 17.2 Å². The summed E-state index contributed by atoms with van der Waals surface area (Å²) >= 11 is 0. The van der Waals surface area contributed by atoms with Crippen molar-refractivity contribution in [2.75, 3.05) is 5.73 Å². The zero-order valence-corrected chi connectivity index (χ0v) is 7.25. The van der Waals surface area contributed by atoms with E-state index in [1.165, 1.54) is 0 Å². The molecule has 0 aliphatic carbocycles. The van der Waals surface area contributed by atoms with Crippen molar-refractivity contribution in [1.29, 1.82) is 0 Å². The molecule has 0 atom stereocenters. The second kappa shape index (κ2) is 2.94. The van der Waals surface area contributed by atoms with Crippen molar-refractivity contribution in [3.63, 3.8) is 0 Å². The fourth-order valence-corrected chi connectivity index (χ4v) is 1.56. The average Bonchev–Trinajstić information content (AvgIpc) is 2.32. The van der Waals surface area contributed by atoms with E-state index in [0.717, 1.165) is 6.20 Å². The number of aromatic nitrogens is 2. The number of nitrogens with zero attached hydrogens (tertiary/aromatic N) is 2. The van der Waals surface area contributed by atoms with Gasteiger partial charge in [-0.25, -0.2) is 0 Å². The van der Waals surface area contributed by atoms with E-state index in [9.17, 15) is 8.42 Å². The summed E-state index contributed by atoms with van der Waals surface area (Å²) in [4.78, 5) is -0.249. The molecule has 0 spiro atoms. The van der Waals surface area contributed by atoms with Gasteiger partial charge in [0, 0.05) is 0 Å². The number of H-pyrrole nitrogens is 1. The standard InChI is InChI=1S/C4H8N6O2S/c5-3-2(1-8-9-3)13(11,12)10-4(6)7/h1H,(H3,5,8,9)(H4,6,7,10). The second-order valence-electron chi connectivity index (χ2n) is 2.14. The summed E-state index contributed by atoms with van der Waals surface area (Å²) in [6.07, 6.45) is 1.02. The third-order valence-corrected chi connectivity index (χ3v) is 2.47. The molecule has 0 unspecified atom stereocenters. The molecule has 13 heavy (non-hydrogen) atoms. The Kier molecular flexibility index (Phi) is 2.10. The van der Waals surface area contributed by atoms with E-state index in [2.05, 4.69) is 14.6 Å². The van der Waals surface area contributed by atoms with Crippen molar-refractivity contribution in [3.8, 4) is 0 Å². The lowest BCUT2D eigenvalue weighted by Crippen LogP contribution is -2.24. The van der Waals surface area contributed by atoms with Crippen LogP contribution in [0.3, 0.4) is 0 Å². The quantitative estimate of drug-likeness (QED) is 0.321. The molecule has 1 aromatic heterocycles. The molecule has 9 heteroatoms. The van der Waals surface area contributed by atoms with Gasteiger partial charge in [0.1, 0.15) is 5.82 Å². The Bertz CT molecular complexity index is 427. The topological polar surface area (TPSA) is 153 Å². The molecule has 0 aliphatic rings. The minimum Gasteiger partial charge on any atom is -0.383 e. The van der Waals surface area contributed by atoms with Gasteiger partial charge in [-0.05, 0) is 0 Å². The molecule has 8 nitrogen and oxygen atoms in total. The highest BCUT2D eigenvalue weighted by molar-refractivity contribution is 7.90. The first kappa shape index (κ1) is 9.32. The fourth-order valence-electron chi connectivity index (χ4n) is 0.679. The van der Waals surface area contributed by atoms with Crippen molar-refractivity contribution in [2.45, 2.75) is 4.90 Å². The molecular weight excluding hydrogens is 196 g/mol. The van der Waals surface area contributed by atoms with Crippen LogP contribution in [0.25, 0.3) is 0 Å². The number of hydrogen-bond acceptors (Lipinski definition) is 4. The van der Waals surface area contributed by atoms with Crippen LogP contribution in [0.5, 0.6) is 0 Å². The predicted octanol–water partition coefficient (Wildman–Crippen LogP) is -2.05. The van der Waals surface area contributed by atoms with Gasteiger partial charge in [0.05, 0.1) is 6.20 Å². The molecule has 1 aromatic rings. The van der Waals surface area contributed by atoms with Crippen LogP contribution in [-0.4, -0.2) is 24.6 Å². The van der Waals surface area contributed by atoms with Gasteiger partial charge in [0.25, 0.3) is 10.0 Å². The maximum Gasteiger partial charge on any atom is 0.290 e. The van der Waals surface area contributed by atoms with Crippen molar-refractivity contribution in [3.05, 3.63) is 6.20 Å². The molecule has 0 radical (unpaired) electrons. The predicted molar refractivity (Wildman–Crippen MR) is 46.0 cm³/mol. The molecule has 0 bridgehead atoms. The fraction of sp³-hybridized carbons (Fsp3) is 0.